The van der Waals surface area contributed by atoms with Gasteiger partial charge in [-0.1, -0.05) is 12.1 Å². The van der Waals surface area contributed by atoms with Gasteiger partial charge >= 0.3 is 0 Å². The second-order valence-corrected chi connectivity index (χ2v) is 3.75. The van der Waals surface area contributed by atoms with Crippen LogP contribution in [0.25, 0.3) is 0 Å². The van der Waals surface area contributed by atoms with Gasteiger partial charge in [-0.15, -0.1) is 0 Å². The first-order valence-corrected chi connectivity index (χ1v) is 5.66. The zero-order valence-corrected chi connectivity index (χ0v) is 9.75. The molecule has 2 aromatic rings. The summed E-state index contributed by atoms with van der Waals surface area (Å²) in [5.74, 6) is -0.226. The molecule has 18 heavy (non-hydrogen) atoms. The highest BCUT2D eigenvalue weighted by Gasteiger charge is 2.05. The van der Waals surface area contributed by atoms with E-state index >= 15 is 0 Å². The maximum absolute atomic E-state index is 13.2. The number of carbonyl (C=O) groups excluding carboxylic acids is 1. The first kappa shape index (κ1) is 12.3. The van der Waals surface area contributed by atoms with Crippen molar-refractivity contribution in [2.24, 2.45) is 0 Å². The van der Waals surface area contributed by atoms with Crippen LogP contribution in [0.1, 0.15) is 17.6 Å². The van der Waals surface area contributed by atoms with E-state index < -0.39 is 5.82 Å². The molecule has 1 heterocycles. The summed E-state index contributed by atoms with van der Waals surface area (Å²) in [7, 11) is 0. The second-order valence-electron chi connectivity index (χ2n) is 3.75. The van der Waals surface area contributed by atoms with Crippen LogP contribution in [0.2, 0.25) is 0 Å². The lowest BCUT2D eigenvalue weighted by Crippen LogP contribution is -2.10. The number of aromatic nitrogens is 2. The topological polar surface area (TPSA) is 44.1 Å². The van der Waals surface area contributed by atoms with Gasteiger partial charge < -0.3 is 4.74 Å². The van der Waals surface area contributed by atoms with Crippen LogP contribution in [0.15, 0.2) is 43.0 Å². The molecular weight excluding hydrogens is 235 g/mol. The number of benzene rings is 1. The molecule has 0 spiro atoms. The Morgan fingerprint density at radius 1 is 1.39 bits per heavy atom. The van der Waals surface area contributed by atoms with Crippen molar-refractivity contribution >= 4 is 5.91 Å². The molecule has 0 unspecified atom stereocenters. The number of halogens is 1. The second kappa shape index (κ2) is 5.95. The average Bonchev–Trinajstić information content (AvgIpc) is 2.90. The molecule has 0 saturated carbocycles. The number of hydrogen-bond acceptors (Lipinski definition) is 3. The molecule has 0 aliphatic heterocycles. The van der Waals surface area contributed by atoms with Crippen LogP contribution in [-0.4, -0.2) is 22.1 Å². The van der Waals surface area contributed by atoms with Crippen molar-refractivity contribution in [3.05, 3.63) is 48.8 Å². The number of para-hydroxylation sites is 1. The van der Waals surface area contributed by atoms with Crippen LogP contribution < -0.4 is 4.74 Å². The van der Waals surface area contributed by atoms with Crippen LogP contribution in [-0.2, 0) is 0 Å². The van der Waals surface area contributed by atoms with Gasteiger partial charge in [0.25, 0.3) is 0 Å². The van der Waals surface area contributed by atoms with Crippen LogP contribution in [0.3, 0.4) is 0 Å². The zero-order chi connectivity index (χ0) is 12.8. The molecule has 94 valence electrons. The van der Waals surface area contributed by atoms with Crippen molar-refractivity contribution < 1.29 is 13.9 Å². The largest absolute Gasteiger partial charge is 0.491 e. The van der Waals surface area contributed by atoms with Gasteiger partial charge in [0.1, 0.15) is 6.33 Å². The predicted molar refractivity (Wildman–Crippen MR) is 64.0 cm³/mol. The van der Waals surface area contributed by atoms with Gasteiger partial charge in [0.2, 0.25) is 5.91 Å². The molecule has 0 fully saturated rings. The Bertz CT molecular complexity index is 511. The number of hydrogen-bond donors (Lipinski definition) is 0. The fraction of sp³-hybridized carbons (Fsp3) is 0.231. The third kappa shape index (κ3) is 3.16. The highest BCUT2D eigenvalue weighted by atomic mass is 19.1. The van der Waals surface area contributed by atoms with E-state index in [2.05, 4.69) is 4.98 Å². The van der Waals surface area contributed by atoms with Crippen molar-refractivity contribution in [2.75, 3.05) is 6.61 Å². The minimum absolute atomic E-state index is 0.0513. The Hall–Kier alpha value is -2.17. The summed E-state index contributed by atoms with van der Waals surface area (Å²) in [5.41, 5.74) is 0. The SMILES string of the molecule is O=C(CCCOc1ccccc1F)n1ccnc1. The van der Waals surface area contributed by atoms with Gasteiger partial charge in [-0.3, -0.25) is 9.36 Å². The van der Waals surface area contributed by atoms with E-state index in [0.29, 0.717) is 19.4 Å². The first-order valence-electron chi connectivity index (χ1n) is 5.66. The van der Waals surface area contributed by atoms with E-state index in [1.165, 1.54) is 17.0 Å². The third-order valence-electron chi connectivity index (χ3n) is 2.42. The van der Waals surface area contributed by atoms with Crippen LogP contribution in [0.5, 0.6) is 5.75 Å². The normalized spacial score (nSPS) is 10.3. The molecule has 4 nitrogen and oxygen atoms in total. The molecule has 0 atom stereocenters. The standard InChI is InChI=1S/C13H13FN2O2/c14-11-4-1-2-5-12(11)18-9-3-6-13(17)16-8-7-15-10-16/h1-2,4-5,7-8,10H,3,6,9H2. The Labute approximate surface area is 104 Å². The number of imidazole rings is 1. The number of nitrogens with zero attached hydrogens (tertiary/aromatic N) is 2. The van der Waals surface area contributed by atoms with Crippen LogP contribution in [0.4, 0.5) is 4.39 Å². The van der Waals surface area contributed by atoms with Gasteiger partial charge in [-0.2, -0.15) is 0 Å². The summed E-state index contributed by atoms with van der Waals surface area (Å²) in [4.78, 5) is 15.4. The van der Waals surface area contributed by atoms with Crippen molar-refractivity contribution in [2.45, 2.75) is 12.8 Å². The maximum atomic E-state index is 13.2. The lowest BCUT2D eigenvalue weighted by Gasteiger charge is -2.06. The summed E-state index contributed by atoms with van der Waals surface area (Å²) in [6.07, 6.45) is 5.48. The molecule has 0 N–H and O–H groups in total. The predicted octanol–water partition coefficient (Wildman–Crippen LogP) is 2.52. The number of rotatable bonds is 5. The molecule has 0 aliphatic rings. The first-order chi connectivity index (χ1) is 8.77. The zero-order valence-electron chi connectivity index (χ0n) is 9.75. The van der Waals surface area contributed by atoms with Gasteiger partial charge in [0, 0.05) is 18.8 Å². The summed E-state index contributed by atoms with van der Waals surface area (Å²) in [5, 5.41) is 0. The molecule has 1 aromatic carbocycles. The lowest BCUT2D eigenvalue weighted by molar-refractivity contribution is 0.0892. The average molecular weight is 248 g/mol. The molecule has 0 bridgehead atoms. The minimum Gasteiger partial charge on any atom is -0.491 e. The van der Waals surface area contributed by atoms with E-state index in [1.54, 1.807) is 30.6 Å². The Morgan fingerprint density at radius 3 is 2.94 bits per heavy atom. The van der Waals surface area contributed by atoms with E-state index in [0.717, 1.165) is 0 Å². The van der Waals surface area contributed by atoms with Crippen molar-refractivity contribution in [3.8, 4) is 5.75 Å². The molecule has 2 rings (SSSR count). The number of ether oxygens (including phenoxy) is 1. The third-order valence-corrected chi connectivity index (χ3v) is 2.42. The van der Waals surface area contributed by atoms with Gasteiger partial charge in [0.15, 0.2) is 11.6 Å². The van der Waals surface area contributed by atoms with Crippen molar-refractivity contribution in [3.63, 3.8) is 0 Å². The van der Waals surface area contributed by atoms with E-state index in [9.17, 15) is 9.18 Å². The molecule has 0 saturated heterocycles. The van der Waals surface area contributed by atoms with Gasteiger partial charge in [0.05, 0.1) is 6.61 Å². The molecule has 0 amide bonds. The van der Waals surface area contributed by atoms with Crippen LogP contribution >= 0.6 is 0 Å². The molecule has 5 heteroatoms. The monoisotopic (exact) mass is 248 g/mol. The Kier molecular flexibility index (Phi) is 4.06. The quantitative estimate of drug-likeness (QED) is 0.764. The summed E-state index contributed by atoms with van der Waals surface area (Å²) < 4.78 is 19.9. The minimum atomic E-state index is -0.390. The maximum Gasteiger partial charge on any atom is 0.231 e. The fourth-order valence-electron chi connectivity index (χ4n) is 1.50. The van der Waals surface area contributed by atoms with Crippen LogP contribution in [0, 0.1) is 5.82 Å². The van der Waals surface area contributed by atoms with E-state index in [-0.39, 0.29) is 11.7 Å². The fourth-order valence-corrected chi connectivity index (χ4v) is 1.50. The van der Waals surface area contributed by atoms with Crippen molar-refractivity contribution in [1.82, 2.24) is 9.55 Å². The molecule has 1 aromatic heterocycles. The number of carbonyl (C=O) groups is 1. The lowest BCUT2D eigenvalue weighted by atomic mass is 10.3. The molecular formula is C13H13FN2O2. The van der Waals surface area contributed by atoms with E-state index in [1.807, 2.05) is 0 Å². The van der Waals surface area contributed by atoms with E-state index in [4.69, 9.17) is 4.74 Å². The highest BCUT2D eigenvalue weighted by Crippen LogP contribution is 2.15. The van der Waals surface area contributed by atoms with Crippen molar-refractivity contribution in [1.29, 1.82) is 0 Å². The molecule has 0 aliphatic carbocycles. The van der Waals surface area contributed by atoms with Gasteiger partial charge in [-0.05, 0) is 18.6 Å². The summed E-state index contributed by atoms with van der Waals surface area (Å²) >= 11 is 0. The van der Waals surface area contributed by atoms with Gasteiger partial charge in [-0.25, -0.2) is 9.37 Å². The summed E-state index contributed by atoms with van der Waals surface area (Å²) in [6, 6.07) is 6.21. The highest BCUT2D eigenvalue weighted by molar-refractivity contribution is 5.78. The molecule has 0 radical (unpaired) electrons. The Balaban J connectivity index is 1.74. The Morgan fingerprint density at radius 2 is 2.22 bits per heavy atom. The summed E-state index contributed by atoms with van der Waals surface area (Å²) in [6.45, 7) is 0.307. The smallest absolute Gasteiger partial charge is 0.231 e.